The van der Waals surface area contributed by atoms with Crippen LogP contribution in [0.5, 0.6) is 0 Å². The van der Waals surface area contributed by atoms with Gasteiger partial charge >= 0.3 is 0 Å². The van der Waals surface area contributed by atoms with Crippen molar-refractivity contribution in [2.75, 3.05) is 13.2 Å². The third-order valence-electron chi connectivity index (χ3n) is 3.23. The van der Waals surface area contributed by atoms with Crippen LogP contribution in [0.4, 0.5) is 0 Å². The summed E-state index contributed by atoms with van der Waals surface area (Å²) >= 11 is 0. The van der Waals surface area contributed by atoms with Crippen LogP contribution in [-0.4, -0.2) is 32.2 Å². The molecule has 2 saturated heterocycles. The molecule has 1 unspecified atom stereocenters. The minimum Gasteiger partial charge on any atom is -0.403 e. The molecule has 3 heteroatoms. The zero-order chi connectivity index (χ0) is 8.60. The molecule has 0 radical (unpaired) electrons. The Kier molecular flexibility index (Phi) is 2.27. The van der Waals surface area contributed by atoms with Gasteiger partial charge in [0.15, 0.2) is 0 Å². The molecule has 2 heterocycles. The van der Waals surface area contributed by atoms with Crippen LogP contribution in [0.25, 0.3) is 0 Å². The van der Waals surface area contributed by atoms with E-state index in [1.807, 2.05) is 0 Å². The van der Waals surface area contributed by atoms with Crippen LogP contribution in [0.3, 0.4) is 0 Å². The van der Waals surface area contributed by atoms with Crippen molar-refractivity contribution < 1.29 is 4.43 Å². The number of rotatable bonds is 0. The lowest BCUT2D eigenvalue weighted by Gasteiger charge is -2.48. The van der Waals surface area contributed by atoms with Crippen molar-refractivity contribution in [2.45, 2.75) is 44.8 Å². The first-order chi connectivity index (χ1) is 5.70. The number of piperidine rings is 1. The van der Waals surface area contributed by atoms with E-state index in [0.717, 1.165) is 12.6 Å². The SMILES string of the molecule is C[Si]1(C)OCCC2CCCCN21. The molecular formula is C9H19NOSi. The zero-order valence-corrected chi connectivity index (χ0v) is 9.18. The van der Waals surface area contributed by atoms with Gasteiger partial charge in [0, 0.05) is 12.6 Å². The molecule has 0 aliphatic carbocycles. The van der Waals surface area contributed by atoms with Crippen LogP contribution in [0, 0.1) is 0 Å². The number of fused-ring (bicyclic) bond motifs is 1. The van der Waals surface area contributed by atoms with E-state index in [4.69, 9.17) is 4.43 Å². The highest BCUT2D eigenvalue weighted by molar-refractivity contribution is 6.68. The lowest BCUT2D eigenvalue weighted by Crippen LogP contribution is -2.61. The maximum Gasteiger partial charge on any atom is 0.265 e. The monoisotopic (exact) mass is 185 g/mol. The van der Waals surface area contributed by atoms with Gasteiger partial charge < -0.3 is 4.43 Å². The summed E-state index contributed by atoms with van der Waals surface area (Å²) in [4.78, 5) is 0. The van der Waals surface area contributed by atoms with Crippen molar-refractivity contribution in [1.29, 1.82) is 0 Å². The van der Waals surface area contributed by atoms with Crippen molar-refractivity contribution in [3.05, 3.63) is 0 Å². The van der Waals surface area contributed by atoms with Crippen molar-refractivity contribution in [3.63, 3.8) is 0 Å². The van der Waals surface area contributed by atoms with Gasteiger partial charge in [-0.2, -0.15) is 0 Å². The second-order valence-electron chi connectivity index (χ2n) is 4.43. The molecule has 2 fully saturated rings. The van der Waals surface area contributed by atoms with Crippen molar-refractivity contribution in [1.82, 2.24) is 4.57 Å². The maximum absolute atomic E-state index is 5.90. The number of nitrogens with zero attached hydrogens (tertiary/aromatic N) is 1. The van der Waals surface area contributed by atoms with Crippen LogP contribution in [0.2, 0.25) is 13.1 Å². The predicted octanol–water partition coefficient (Wildman–Crippen LogP) is 1.96. The lowest BCUT2D eigenvalue weighted by molar-refractivity contribution is 0.109. The number of hydrogen-bond donors (Lipinski definition) is 0. The molecule has 0 aromatic rings. The predicted molar refractivity (Wildman–Crippen MR) is 52.4 cm³/mol. The summed E-state index contributed by atoms with van der Waals surface area (Å²) in [6.07, 6.45) is 5.51. The van der Waals surface area contributed by atoms with Crippen molar-refractivity contribution in [2.24, 2.45) is 0 Å². The van der Waals surface area contributed by atoms with Gasteiger partial charge in [-0.15, -0.1) is 0 Å². The first-order valence-electron chi connectivity index (χ1n) is 5.11. The lowest BCUT2D eigenvalue weighted by atomic mass is 10.0. The van der Waals surface area contributed by atoms with Gasteiger partial charge in [0.2, 0.25) is 0 Å². The molecule has 12 heavy (non-hydrogen) atoms. The summed E-state index contributed by atoms with van der Waals surface area (Å²) in [5.41, 5.74) is 0. The first kappa shape index (κ1) is 8.72. The molecule has 0 aromatic carbocycles. The fourth-order valence-corrected chi connectivity index (χ4v) is 5.15. The smallest absolute Gasteiger partial charge is 0.265 e. The molecule has 0 aromatic heterocycles. The van der Waals surface area contributed by atoms with Gasteiger partial charge in [-0.25, -0.2) is 0 Å². The summed E-state index contributed by atoms with van der Waals surface area (Å²) in [6.45, 7) is 6.99. The van der Waals surface area contributed by atoms with E-state index < -0.39 is 8.48 Å². The van der Waals surface area contributed by atoms with E-state index in [0.29, 0.717) is 0 Å². The fraction of sp³-hybridized carbons (Fsp3) is 1.00. The Balaban J connectivity index is 2.09. The fourth-order valence-electron chi connectivity index (χ4n) is 2.54. The zero-order valence-electron chi connectivity index (χ0n) is 8.18. The van der Waals surface area contributed by atoms with Gasteiger partial charge in [0.05, 0.1) is 0 Å². The van der Waals surface area contributed by atoms with Crippen LogP contribution in [0.15, 0.2) is 0 Å². The third-order valence-corrected chi connectivity index (χ3v) is 6.11. The molecular weight excluding hydrogens is 166 g/mol. The van der Waals surface area contributed by atoms with Gasteiger partial charge in [-0.05, 0) is 38.9 Å². The van der Waals surface area contributed by atoms with E-state index in [2.05, 4.69) is 17.7 Å². The molecule has 0 amide bonds. The maximum atomic E-state index is 5.90. The Morgan fingerprint density at radius 1 is 1.25 bits per heavy atom. The van der Waals surface area contributed by atoms with E-state index in [-0.39, 0.29) is 0 Å². The highest BCUT2D eigenvalue weighted by Gasteiger charge is 2.40. The van der Waals surface area contributed by atoms with Crippen LogP contribution >= 0.6 is 0 Å². The molecule has 2 aliphatic heterocycles. The second-order valence-corrected chi connectivity index (χ2v) is 8.18. The molecule has 0 spiro atoms. The highest BCUT2D eigenvalue weighted by Crippen LogP contribution is 2.29. The summed E-state index contributed by atoms with van der Waals surface area (Å²) < 4.78 is 8.58. The Morgan fingerprint density at radius 3 is 2.83 bits per heavy atom. The van der Waals surface area contributed by atoms with E-state index in [1.54, 1.807) is 0 Å². The van der Waals surface area contributed by atoms with Gasteiger partial charge in [-0.3, -0.25) is 4.57 Å². The van der Waals surface area contributed by atoms with Crippen LogP contribution in [-0.2, 0) is 4.43 Å². The Bertz CT molecular complexity index is 170. The topological polar surface area (TPSA) is 12.5 Å². The average Bonchev–Trinajstić information content (AvgIpc) is 2.04. The van der Waals surface area contributed by atoms with Crippen molar-refractivity contribution in [3.8, 4) is 0 Å². The molecule has 1 atom stereocenters. The Hall–Kier alpha value is 0.137. The van der Waals surface area contributed by atoms with Crippen LogP contribution < -0.4 is 0 Å². The third kappa shape index (κ3) is 1.45. The molecule has 70 valence electrons. The molecule has 2 rings (SSSR count). The van der Waals surface area contributed by atoms with E-state index in [1.165, 1.54) is 32.2 Å². The Labute approximate surface area is 76.1 Å². The molecule has 0 N–H and O–H groups in total. The summed E-state index contributed by atoms with van der Waals surface area (Å²) in [5.74, 6) is 0. The summed E-state index contributed by atoms with van der Waals surface area (Å²) in [7, 11) is -1.42. The standard InChI is InChI=1S/C9H19NOSi/c1-12(2)10-7-4-3-5-9(10)6-8-11-12/h9H,3-8H2,1-2H3. The molecule has 0 saturated carbocycles. The molecule has 0 bridgehead atoms. The van der Waals surface area contributed by atoms with E-state index >= 15 is 0 Å². The minimum atomic E-state index is -1.42. The largest absolute Gasteiger partial charge is 0.403 e. The van der Waals surface area contributed by atoms with Crippen molar-refractivity contribution >= 4 is 8.48 Å². The number of hydrogen-bond acceptors (Lipinski definition) is 2. The highest BCUT2D eigenvalue weighted by atomic mass is 28.4. The van der Waals surface area contributed by atoms with Gasteiger partial charge in [-0.1, -0.05) is 6.42 Å². The normalized spacial score (nSPS) is 36.0. The summed E-state index contributed by atoms with van der Waals surface area (Å²) in [6, 6.07) is 0.870. The average molecular weight is 185 g/mol. The first-order valence-corrected chi connectivity index (χ1v) is 7.96. The molecule has 2 nitrogen and oxygen atoms in total. The van der Waals surface area contributed by atoms with Crippen LogP contribution in [0.1, 0.15) is 25.7 Å². The van der Waals surface area contributed by atoms with Gasteiger partial charge in [0.25, 0.3) is 8.48 Å². The quantitative estimate of drug-likeness (QED) is 0.535. The van der Waals surface area contributed by atoms with E-state index in [9.17, 15) is 0 Å². The Morgan fingerprint density at radius 2 is 2.08 bits per heavy atom. The second kappa shape index (κ2) is 3.12. The summed E-state index contributed by atoms with van der Waals surface area (Å²) in [5, 5.41) is 0. The molecule has 2 aliphatic rings. The minimum absolute atomic E-state index is 0.870. The van der Waals surface area contributed by atoms with Gasteiger partial charge in [0.1, 0.15) is 0 Å².